The minimum absolute atomic E-state index is 0.0234. The van der Waals surface area contributed by atoms with Crippen LogP contribution in [-0.4, -0.2) is 40.9 Å². The number of hydrogen-bond acceptors (Lipinski definition) is 3. The highest BCUT2D eigenvalue weighted by atomic mass is 16.3. The Morgan fingerprint density at radius 3 is 2.80 bits per heavy atom. The van der Waals surface area contributed by atoms with Crippen LogP contribution in [0.15, 0.2) is 0 Å². The van der Waals surface area contributed by atoms with E-state index in [2.05, 4.69) is 0 Å². The van der Waals surface area contributed by atoms with Crippen molar-refractivity contribution in [3.8, 4) is 0 Å². The summed E-state index contributed by atoms with van der Waals surface area (Å²) in [6.45, 7) is 2.38. The van der Waals surface area contributed by atoms with Crippen LogP contribution in [0.2, 0.25) is 0 Å². The molecule has 1 fully saturated rings. The molecule has 1 atom stereocenters. The minimum atomic E-state index is -0.0761. The number of likely N-dealkylation sites (tertiary alicyclic amines) is 1. The van der Waals surface area contributed by atoms with Crippen molar-refractivity contribution in [3.63, 3.8) is 0 Å². The zero-order valence-electron chi connectivity index (χ0n) is 9.24. The molecule has 0 bridgehead atoms. The number of amides is 1. The molecule has 1 N–H and O–H groups in total. The van der Waals surface area contributed by atoms with Crippen molar-refractivity contribution in [2.75, 3.05) is 13.2 Å². The van der Waals surface area contributed by atoms with E-state index in [9.17, 15) is 9.59 Å². The lowest BCUT2D eigenvalue weighted by Crippen LogP contribution is -2.36. The smallest absolute Gasteiger partial charge is 0.230 e. The summed E-state index contributed by atoms with van der Waals surface area (Å²) in [6.07, 6.45) is 3.62. The zero-order chi connectivity index (χ0) is 11.3. The summed E-state index contributed by atoms with van der Waals surface area (Å²) in [6, 6.07) is 0.240. The van der Waals surface area contributed by atoms with Crippen LogP contribution in [0.25, 0.3) is 0 Å². The highest BCUT2D eigenvalue weighted by molar-refractivity contribution is 5.97. The van der Waals surface area contributed by atoms with Crippen LogP contribution < -0.4 is 0 Å². The number of carbonyl (C=O) groups is 2. The highest BCUT2D eigenvalue weighted by Crippen LogP contribution is 2.21. The normalized spacial score (nSPS) is 20.7. The number of aliphatic hydroxyl groups is 1. The first-order valence-corrected chi connectivity index (χ1v) is 5.55. The average molecular weight is 213 g/mol. The van der Waals surface area contributed by atoms with E-state index in [0.29, 0.717) is 0 Å². The summed E-state index contributed by atoms with van der Waals surface area (Å²) < 4.78 is 0. The van der Waals surface area contributed by atoms with Gasteiger partial charge in [-0.25, -0.2) is 0 Å². The molecule has 1 heterocycles. The number of rotatable bonds is 5. The van der Waals surface area contributed by atoms with E-state index in [1.54, 1.807) is 4.90 Å². The fourth-order valence-corrected chi connectivity index (χ4v) is 2.11. The summed E-state index contributed by atoms with van der Waals surface area (Å²) in [5, 5.41) is 8.74. The van der Waals surface area contributed by atoms with Gasteiger partial charge in [-0.3, -0.25) is 9.59 Å². The second-order valence-corrected chi connectivity index (χ2v) is 4.13. The first-order valence-electron chi connectivity index (χ1n) is 5.55. The summed E-state index contributed by atoms with van der Waals surface area (Å²) in [5.74, 6) is -0.129. The third-order valence-electron chi connectivity index (χ3n) is 2.79. The first kappa shape index (κ1) is 12.2. The van der Waals surface area contributed by atoms with E-state index < -0.39 is 0 Å². The Morgan fingerprint density at radius 2 is 2.20 bits per heavy atom. The monoisotopic (exact) mass is 213 g/mol. The van der Waals surface area contributed by atoms with Gasteiger partial charge >= 0.3 is 0 Å². The van der Waals surface area contributed by atoms with E-state index in [1.165, 1.54) is 6.92 Å². The predicted molar refractivity (Wildman–Crippen MR) is 56.4 cm³/mol. The number of ketones is 1. The second kappa shape index (κ2) is 5.85. The van der Waals surface area contributed by atoms with E-state index in [0.717, 1.165) is 32.2 Å². The van der Waals surface area contributed by atoms with Crippen LogP contribution >= 0.6 is 0 Å². The molecule has 1 unspecified atom stereocenters. The molecule has 0 saturated carbocycles. The Bertz CT molecular complexity index is 240. The predicted octanol–water partition coefficient (Wildman–Crippen LogP) is 0.729. The molecule has 1 saturated heterocycles. The lowest BCUT2D eigenvalue weighted by atomic mass is 10.1. The van der Waals surface area contributed by atoms with Crippen LogP contribution in [-0.2, 0) is 9.59 Å². The molecule has 0 aromatic rings. The van der Waals surface area contributed by atoms with Gasteiger partial charge in [0.05, 0.1) is 6.42 Å². The molecule has 1 aliphatic heterocycles. The van der Waals surface area contributed by atoms with Crippen LogP contribution in [0.3, 0.4) is 0 Å². The molecule has 0 aliphatic carbocycles. The SMILES string of the molecule is CC(=O)CC(=O)N1CCCC1CCCO. The molecule has 0 spiro atoms. The van der Waals surface area contributed by atoms with E-state index >= 15 is 0 Å². The van der Waals surface area contributed by atoms with E-state index in [1.807, 2.05) is 0 Å². The van der Waals surface area contributed by atoms with Gasteiger partial charge in [0.15, 0.2) is 0 Å². The van der Waals surface area contributed by atoms with Gasteiger partial charge in [-0.05, 0) is 32.6 Å². The van der Waals surface area contributed by atoms with Gasteiger partial charge in [0.1, 0.15) is 5.78 Å². The second-order valence-electron chi connectivity index (χ2n) is 4.13. The quantitative estimate of drug-likeness (QED) is 0.685. The summed E-state index contributed by atoms with van der Waals surface area (Å²) in [5.41, 5.74) is 0. The van der Waals surface area contributed by atoms with Crippen molar-refractivity contribution in [3.05, 3.63) is 0 Å². The van der Waals surface area contributed by atoms with Crippen molar-refractivity contribution in [2.45, 2.75) is 45.1 Å². The fraction of sp³-hybridized carbons (Fsp3) is 0.818. The van der Waals surface area contributed by atoms with Crippen molar-refractivity contribution < 1.29 is 14.7 Å². The van der Waals surface area contributed by atoms with E-state index in [-0.39, 0.29) is 30.8 Å². The summed E-state index contributed by atoms with van der Waals surface area (Å²) in [4.78, 5) is 24.3. The van der Waals surface area contributed by atoms with Gasteiger partial charge in [0.2, 0.25) is 5.91 Å². The largest absolute Gasteiger partial charge is 0.396 e. The number of nitrogens with zero attached hydrogens (tertiary/aromatic N) is 1. The Morgan fingerprint density at radius 1 is 1.47 bits per heavy atom. The Labute approximate surface area is 90.3 Å². The van der Waals surface area contributed by atoms with Gasteiger partial charge in [-0.2, -0.15) is 0 Å². The fourth-order valence-electron chi connectivity index (χ4n) is 2.11. The van der Waals surface area contributed by atoms with Gasteiger partial charge in [-0.15, -0.1) is 0 Å². The molecule has 1 aliphatic rings. The van der Waals surface area contributed by atoms with Crippen LogP contribution in [0.4, 0.5) is 0 Å². The maximum Gasteiger partial charge on any atom is 0.230 e. The third-order valence-corrected chi connectivity index (χ3v) is 2.79. The minimum Gasteiger partial charge on any atom is -0.396 e. The lowest BCUT2D eigenvalue weighted by molar-refractivity contribution is -0.135. The number of Topliss-reactive ketones (excluding diaryl/α,β-unsaturated/α-hetero) is 1. The van der Waals surface area contributed by atoms with Gasteiger partial charge in [0, 0.05) is 19.2 Å². The van der Waals surface area contributed by atoms with Gasteiger partial charge in [0.25, 0.3) is 0 Å². The third kappa shape index (κ3) is 3.63. The van der Waals surface area contributed by atoms with Crippen molar-refractivity contribution in [2.24, 2.45) is 0 Å². The summed E-state index contributed by atoms with van der Waals surface area (Å²) in [7, 11) is 0. The molecule has 15 heavy (non-hydrogen) atoms. The average Bonchev–Trinajstić information content (AvgIpc) is 2.61. The zero-order valence-corrected chi connectivity index (χ0v) is 9.24. The molecule has 4 nitrogen and oxygen atoms in total. The van der Waals surface area contributed by atoms with Crippen LogP contribution in [0.1, 0.15) is 39.0 Å². The van der Waals surface area contributed by atoms with Crippen molar-refractivity contribution in [1.29, 1.82) is 0 Å². The van der Waals surface area contributed by atoms with Crippen molar-refractivity contribution >= 4 is 11.7 Å². The molecule has 0 radical (unpaired) electrons. The number of hydrogen-bond donors (Lipinski definition) is 1. The molecular weight excluding hydrogens is 194 g/mol. The first-order chi connectivity index (χ1) is 7.15. The Kier molecular flexibility index (Phi) is 4.75. The maximum atomic E-state index is 11.7. The molecular formula is C11H19NO3. The standard InChI is InChI=1S/C11H19NO3/c1-9(14)8-11(15)12-6-2-4-10(12)5-3-7-13/h10,13H,2-8H2,1H3. The highest BCUT2D eigenvalue weighted by Gasteiger charge is 2.28. The topological polar surface area (TPSA) is 57.6 Å². The summed E-state index contributed by atoms with van der Waals surface area (Å²) >= 11 is 0. The van der Waals surface area contributed by atoms with E-state index in [4.69, 9.17) is 5.11 Å². The molecule has 1 rings (SSSR count). The number of carbonyl (C=O) groups excluding carboxylic acids is 2. The van der Waals surface area contributed by atoms with Crippen LogP contribution in [0, 0.1) is 0 Å². The van der Waals surface area contributed by atoms with Gasteiger partial charge in [-0.1, -0.05) is 0 Å². The van der Waals surface area contributed by atoms with Crippen LogP contribution in [0.5, 0.6) is 0 Å². The number of aliphatic hydroxyl groups excluding tert-OH is 1. The molecule has 86 valence electrons. The molecule has 1 amide bonds. The Hall–Kier alpha value is -0.900. The molecule has 4 heteroatoms. The lowest BCUT2D eigenvalue weighted by Gasteiger charge is -2.24. The van der Waals surface area contributed by atoms with Crippen molar-refractivity contribution in [1.82, 2.24) is 4.90 Å². The maximum absolute atomic E-state index is 11.7. The molecule has 0 aromatic heterocycles. The Balaban J connectivity index is 2.44. The van der Waals surface area contributed by atoms with Gasteiger partial charge < -0.3 is 10.0 Å². The molecule has 0 aromatic carbocycles.